The molecule has 5 heteroatoms. The van der Waals surface area contributed by atoms with E-state index < -0.39 is 11.6 Å². The van der Waals surface area contributed by atoms with Crippen molar-refractivity contribution in [1.82, 2.24) is 0 Å². The van der Waals surface area contributed by atoms with Gasteiger partial charge in [0.2, 0.25) is 0 Å². The Morgan fingerprint density at radius 3 is 2.40 bits per heavy atom. The Morgan fingerprint density at radius 2 is 2.10 bits per heavy atom. The predicted octanol–water partition coefficient (Wildman–Crippen LogP) is -1.34. The minimum Gasteiger partial charge on any atom is -0.479 e. The van der Waals surface area contributed by atoms with E-state index in [2.05, 4.69) is 0 Å². The highest BCUT2D eigenvalue weighted by Gasteiger charge is 2.27. The van der Waals surface area contributed by atoms with Crippen LogP contribution >= 0.6 is 0 Å². The molecule has 0 aromatic heterocycles. The second-order valence-electron chi connectivity index (χ2n) is 2.05. The molecule has 0 spiro atoms. The first-order chi connectivity index (χ1) is 4.50. The van der Waals surface area contributed by atoms with Crippen molar-refractivity contribution in [1.29, 1.82) is 0 Å². The van der Waals surface area contributed by atoms with E-state index in [1.165, 1.54) is 0 Å². The van der Waals surface area contributed by atoms with Crippen LogP contribution in [0, 0.1) is 0 Å². The van der Waals surface area contributed by atoms with Gasteiger partial charge in [0.05, 0.1) is 0 Å². The van der Waals surface area contributed by atoms with Crippen molar-refractivity contribution in [3.05, 3.63) is 0 Å². The molecule has 0 bridgehead atoms. The summed E-state index contributed by atoms with van der Waals surface area (Å²) in [5, 5.41) is 8.30. The Morgan fingerprint density at radius 1 is 1.60 bits per heavy atom. The molecule has 0 rings (SSSR count). The van der Waals surface area contributed by atoms with Gasteiger partial charge in [-0.05, 0) is 6.42 Å². The van der Waals surface area contributed by atoms with Gasteiger partial charge in [0.25, 0.3) is 0 Å². The molecule has 0 aromatic rings. The zero-order valence-electron chi connectivity index (χ0n) is 5.41. The first-order valence-corrected chi connectivity index (χ1v) is 2.75. The number of carbonyl (C=O) groups excluding carboxylic acids is 1. The summed E-state index contributed by atoms with van der Waals surface area (Å²) in [7, 11) is 0. The lowest BCUT2D eigenvalue weighted by Crippen LogP contribution is -2.56. The van der Waals surface area contributed by atoms with Gasteiger partial charge in [-0.25, -0.2) is 4.79 Å². The molecular weight excluding hydrogens is 136 g/mol. The summed E-state index contributed by atoms with van der Waals surface area (Å²) < 4.78 is 0. The van der Waals surface area contributed by atoms with E-state index in [1.54, 1.807) is 0 Å². The van der Waals surface area contributed by atoms with E-state index in [-0.39, 0.29) is 12.8 Å². The molecule has 0 amide bonds. The quantitative estimate of drug-likeness (QED) is 0.336. The number of nitrogens with two attached hydrogens (primary N) is 2. The SMILES string of the molecule is NC(N)(CCC=O)C(=O)O. The number of hydrogen-bond acceptors (Lipinski definition) is 4. The van der Waals surface area contributed by atoms with E-state index in [1.807, 2.05) is 0 Å². The topological polar surface area (TPSA) is 106 Å². The van der Waals surface area contributed by atoms with Crippen molar-refractivity contribution in [3.63, 3.8) is 0 Å². The average molecular weight is 146 g/mol. The maximum atomic E-state index is 10.2. The first kappa shape index (κ1) is 9.06. The number of carboxylic acids is 1. The molecule has 0 saturated carbocycles. The monoisotopic (exact) mass is 146 g/mol. The fourth-order valence-corrected chi connectivity index (χ4v) is 0.405. The van der Waals surface area contributed by atoms with Crippen LogP contribution in [0.1, 0.15) is 12.8 Å². The number of rotatable bonds is 4. The van der Waals surface area contributed by atoms with Crippen molar-refractivity contribution in [2.24, 2.45) is 11.5 Å². The van der Waals surface area contributed by atoms with Crippen LogP contribution in [0.2, 0.25) is 0 Å². The number of aliphatic carboxylic acids is 1. The van der Waals surface area contributed by atoms with Crippen molar-refractivity contribution < 1.29 is 14.7 Å². The molecule has 0 fully saturated rings. The van der Waals surface area contributed by atoms with Gasteiger partial charge in [0.15, 0.2) is 5.66 Å². The molecule has 0 saturated heterocycles. The van der Waals surface area contributed by atoms with E-state index in [0.29, 0.717) is 6.29 Å². The molecule has 0 heterocycles. The maximum absolute atomic E-state index is 10.2. The Labute approximate surface area is 58.0 Å². The smallest absolute Gasteiger partial charge is 0.338 e. The highest BCUT2D eigenvalue weighted by molar-refractivity contribution is 5.77. The lowest BCUT2D eigenvalue weighted by molar-refractivity contribution is -0.143. The molecule has 0 aliphatic carbocycles. The van der Waals surface area contributed by atoms with Crippen LogP contribution in [0.15, 0.2) is 0 Å². The van der Waals surface area contributed by atoms with Gasteiger partial charge < -0.3 is 21.4 Å². The Bertz CT molecular complexity index is 144. The minimum absolute atomic E-state index is 0.0359. The van der Waals surface area contributed by atoms with E-state index in [9.17, 15) is 9.59 Å². The van der Waals surface area contributed by atoms with Crippen molar-refractivity contribution in [3.8, 4) is 0 Å². The van der Waals surface area contributed by atoms with Crippen molar-refractivity contribution in [2.45, 2.75) is 18.5 Å². The minimum atomic E-state index is -1.76. The van der Waals surface area contributed by atoms with Gasteiger partial charge in [0.1, 0.15) is 6.29 Å². The highest BCUT2D eigenvalue weighted by atomic mass is 16.4. The van der Waals surface area contributed by atoms with Crippen LogP contribution in [0.25, 0.3) is 0 Å². The molecule has 0 atom stereocenters. The van der Waals surface area contributed by atoms with Crippen LogP contribution in [0.4, 0.5) is 0 Å². The van der Waals surface area contributed by atoms with Gasteiger partial charge >= 0.3 is 5.97 Å². The molecule has 0 aliphatic rings. The van der Waals surface area contributed by atoms with Crippen LogP contribution in [0.5, 0.6) is 0 Å². The molecular formula is C5H10N2O3. The summed E-state index contributed by atoms with van der Waals surface area (Å²) in [5.41, 5.74) is 8.37. The number of aldehydes is 1. The average Bonchev–Trinajstić information content (AvgIpc) is 1.84. The highest BCUT2D eigenvalue weighted by Crippen LogP contribution is 1.99. The summed E-state index contributed by atoms with van der Waals surface area (Å²) in [6, 6.07) is 0. The van der Waals surface area contributed by atoms with Crippen LogP contribution in [0.3, 0.4) is 0 Å². The summed E-state index contributed by atoms with van der Waals surface area (Å²) in [6.07, 6.45) is 0.614. The third kappa shape index (κ3) is 2.56. The van der Waals surface area contributed by atoms with E-state index in [4.69, 9.17) is 16.6 Å². The van der Waals surface area contributed by atoms with Crippen LogP contribution in [-0.4, -0.2) is 23.0 Å². The third-order valence-corrected chi connectivity index (χ3v) is 1.07. The van der Waals surface area contributed by atoms with Crippen molar-refractivity contribution >= 4 is 12.3 Å². The summed E-state index contributed by atoms with van der Waals surface area (Å²) in [5.74, 6) is -1.30. The zero-order chi connectivity index (χ0) is 8.20. The number of carbonyl (C=O) groups is 2. The lowest BCUT2D eigenvalue weighted by atomic mass is 10.1. The summed E-state index contributed by atoms with van der Waals surface area (Å²) >= 11 is 0. The van der Waals surface area contributed by atoms with Crippen LogP contribution in [-0.2, 0) is 9.59 Å². The first-order valence-electron chi connectivity index (χ1n) is 2.75. The van der Waals surface area contributed by atoms with Gasteiger partial charge in [-0.1, -0.05) is 0 Å². The van der Waals surface area contributed by atoms with Gasteiger partial charge in [-0.2, -0.15) is 0 Å². The lowest BCUT2D eigenvalue weighted by Gasteiger charge is -2.16. The maximum Gasteiger partial charge on any atom is 0.338 e. The summed E-state index contributed by atoms with van der Waals surface area (Å²) in [4.78, 5) is 19.9. The Kier molecular flexibility index (Phi) is 2.98. The molecule has 5 N–H and O–H groups in total. The third-order valence-electron chi connectivity index (χ3n) is 1.07. The predicted molar refractivity (Wildman–Crippen MR) is 34.0 cm³/mol. The van der Waals surface area contributed by atoms with Crippen molar-refractivity contribution in [2.75, 3.05) is 0 Å². The fraction of sp³-hybridized carbons (Fsp3) is 0.600. The summed E-state index contributed by atoms with van der Waals surface area (Å²) in [6.45, 7) is 0. The van der Waals surface area contributed by atoms with Gasteiger partial charge in [-0.3, -0.25) is 0 Å². The zero-order valence-corrected chi connectivity index (χ0v) is 5.41. The normalized spacial score (nSPS) is 11.0. The fourth-order valence-electron chi connectivity index (χ4n) is 0.405. The number of carboxylic acid groups (broad SMARTS) is 1. The molecule has 0 radical (unpaired) electrons. The molecule has 0 aliphatic heterocycles. The molecule has 58 valence electrons. The van der Waals surface area contributed by atoms with Gasteiger partial charge in [-0.15, -0.1) is 0 Å². The molecule has 5 nitrogen and oxygen atoms in total. The molecule has 10 heavy (non-hydrogen) atoms. The number of hydrogen-bond donors (Lipinski definition) is 3. The largest absolute Gasteiger partial charge is 0.479 e. The Balaban J connectivity index is 3.86. The molecule has 0 aromatic carbocycles. The van der Waals surface area contributed by atoms with E-state index >= 15 is 0 Å². The van der Waals surface area contributed by atoms with Gasteiger partial charge in [0, 0.05) is 6.42 Å². The Hall–Kier alpha value is -0.940. The second-order valence-corrected chi connectivity index (χ2v) is 2.05. The van der Waals surface area contributed by atoms with E-state index in [0.717, 1.165) is 0 Å². The standard InChI is InChI=1S/C5H10N2O3/c6-5(7,4(9)10)2-1-3-8/h3H,1-2,6-7H2,(H,9,10). The molecule has 0 unspecified atom stereocenters. The van der Waals surface area contributed by atoms with Crippen LogP contribution < -0.4 is 11.5 Å². The second kappa shape index (κ2) is 3.28.